The molecule has 0 fully saturated rings. The minimum Gasteiger partial charge on any atom is -0.490 e. The molecule has 8 heteroatoms. The molecule has 3 heterocycles. The molecule has 2 aliphatic rings. The Labute approximate surface area is 163 Å². The number of nitrogens with zero attached hydrogens (tertiary/aromatic N) is 4. The van der Waals surface area contributed by atoms with Gasteiger partial charge < -0.3 is 4.74 Å². The van der Waals surface area contributed by atoms with Crippen LogP contribution in [0.4, 0.5) is 0 Å². The molecule has 2 aromatic carbocycles. The maximum absolute atomic E-state index is 13.2. The van der Waals surface area contributed by atoms with Gasteiger partial charge in [-0.3, -0.25) is 0 Å². The molecule has 0 saturated carbocycles. The van der Waals surface area contributed by atoms with E-state index in [1.807, 2.05) is 37.3 Å². The van der Waals surface area contributed by atoms with Gasteiger partial charge in [-0.15, -0.1) is 5.10 Å². The van der Waals surface area contributed by atoms with Crippen LogP contribution in [0.15, 0.2) is 53.4 Å². The van der Waals surface area contributed by atoms with Crippen molar-refractivity contribution in [3.63, 3.8) is 0 Å². The molecule has 0 N–H and O–H groups in total. The summed E-state index contributed by atoms with van der Waals surface area (Å²) in [6.07, 6.45) is 1.38. The van der Waals surface area contributed by atoms with E-state index >= 15 is 0 Å². The van der Waals surface area contributed by atoms with E-state index in [9.17, 15) is 8.42 Å². The van der Waals surface area contributed by atoms with Gasteiger partial charge in [-0.1, -0.05) is 23.4 Å². The van der Waals surface area contributed by atoms with E-state index in [2.05, 4.69) is 10.3 Å². The van der Waals surface area contributed by atoms with Gasteiger partial charge in [0, 0.05) is 19.4 Å². The molecule has 1 unspecified atom stereocenters. The molecule has 1 aromatic heterocycles. The Morgan fingerprint density at radius 1 is 1.14 bits per heavy atom. The molecule has 0 amide bonds. The molecule has 1 atom stereocenters. The van der Waals surface area contributed by atoms with Crippen molar-refractivity contribution in [3.8, 4) is 11.4 Å². The van der Waals surface area contributed by atoms with Gasteiger partial charge >= 0.3 is 0 Å². The molecule has 5 rings (SSSR count). The molecule has 144 valence electrons. The van der Waals surface area contributed by atoms with Gasteiger partial charge in [-0.2, -0.15) is 4.31 Å². The summed E-state index contributed by atoms with van der Waals surface area (Å²) in [6.45, 7) is 2.62. The van der Waals surface area contributed by atoms with Crippen molar-refractivity contribution in [2.75, 3.05) is 6.54 Å². The first-order valence-electron chi connectivity index (χ1n) is 9.31. The Morgan fingerprint density at radius 3 is 2.79 bits per heavy atom. The summed E-state index contributed by atoms with van der Waals surface area (Å²) in [5, 5.41) is 8.49. The molecule has 2 aliphatic heterocycles. The molecular weight excluding hydrogens is 376 g/mol. The third-order valence-corrected chi connectivity index (χ3v) is 7.11. The number of rotatable bonds is 3. The SMILES string of the molecule is CC1Cc2cc(S(=O)(=O)N3CCc4c(nnn4-c4ccccc4)C3)ccc2O1. The first kappa shape index (κ1) is 17.4. The summed E-state index contributed by atoms with van der Waals surface area (Å²) < 4.78 is 35.3. The fraction of sp³-hybridized carbons (Fsp3) is 0.300. The normalized spacial score (nSPS) is 19.1. The molecular formula is C20H20N4O3S. The van der Waals surface area contributed by atoms with Crippen LogP contribution in [0.25, 0.3) is 5.69 Å². The highest BCUT2D eigenvalue weighted by molar-refractivity contribution is 7.89. The van der Waals surface area contributed by atoms with Gasteiger partial charge in [0.05, 0.1) is 22.8 Å². The van der Waals surface area contributed by atoms with Crippen molar-refractivity contribution >= 4 is 10.0 Å². The summed E-state index contributed by atoms with van der Waals surface area (Å²) in [4.78, 5) is 0.308. The van der Waals surface area contributed by atoms with Gasteiger partial charge in [0.25, 0.3) is 0 Å². The van der Waals surface area contributed by atoms with Crippen LogP contribution in [0.5, 0.6) is 5.75 Å². The quantitative estimate of drug-likeness (QED) is 0.679. The third-order valence-electron chi connectivity index (χ3n) is 5.27. The predicted molar refractivity (Wildman–Crippen MR) is 103 cm³/mol. The molecule has 0 radical (unpaired) electrons. The average molecular weight is 396 g/mol. The molecule has 0 aliphatic carbocycles. The van der Waals surface area contributed by atoms with Crippen LogP contribution in [-0.2, 0) is 29.4 Å². The summed E-state index contributed by atoms with van der Waals surface area (Å²) in [6, 6.07) is 14.9. The second kappa shape index (κ2) is 6.42. The highest BCUT2D eigenvalue weighted by Crippen LogP contribution is 2.32. The monoisotopic (exact) mass is 396 g/mol. The zero-order valence-corrected chi connectivity index (χ0v) is 16.3. The number of ether oxygens (including phenoxy) is 1. The molecule has 3 aromatic rings. The van der Waals surface area contributed by atoms with E-state index < -0.39 is 10.0 Å². The van der Waals surface area contributed by atoms with Crippen molar-refractivity contribution in [2.45, 2.75) is 37.3 Å². The Kier molecular flexibility index (Phi) is 3.99. The molecule has 28 heavy (non-hydrogen) atoms. The topological polar surface area (TPSA) is 77.3 Å². The zero-order chi connectivity index (χ0) is 19.3. The number of para-hydroxylation sites is 1. The minimum atomic E-state index is -3.60. The third kappa shape index (κ3) is 2.80. The number of hydrogen-bond donors (Lipinski definition) is 0. The highest BCUT2D eigenvalue weighted by Gasteiger charge is 2.32. The van der Waals surface area contributed by atoms with Crippen LogP contribution in [0.1, 0.15) is 23.9 Å². The lowest BCUT2D eigenvalue weighted by Gasteiger charge is -2.26. The number of benzene rings is 2. The van der Waals surface area contributed by atoms with Crippen LogP contribution >= 0.6 is 0 Å². The van der Waals surface area contributed by atoms with Crippen molar-refractivity contribution < 1.29 is 13.2 Å². The van der Waals surface area contributed by atoms with Gasteiger partial charge in [0.1, 0.15) is 17.5 Å². The van der Waals surface area contributed by atoms with Crippen LogP contribution < -0.4 is 4.74 Å². The highest BCUT2D eigenvalue weighted by atomic mass is 32.2. The standard InChI is InChI=1S/C20H20N4O3S/c1-14-11-15-12-17(7-8-20(15)27-14)28(25,26)23-10-9-19-18(13-23)21-22-24(19)16-5-3-2-4-6-16/h2-8,12,14H,9-11,13H2,1H3. The Hall–Kier alpha value is -2.71. The van der Waals surface area contributed by atoms with E-state index in [-0.39, 0.29) is 12.6 Å². The van der Waals surface area contributed by atoms with Crippen molar-refractivity contribution in [2.24, 2.45) is 0 Å². The first-order chi connectivity index (χ1) is 13.5. The van der Waals surface area contributed by atoms with Crippen LogP contribution in [-0.4, -0.2) is 40.4 Å². The smallest absolute Gasteiger partial charge is 0.243 e. The molecule has 0 bridgehead atoms. The van der Waals surface area contributed by atoms with E-state index in [1.165, 1.54) is 4.31 Å². The van der Waals surface area contributed by atoms with E-state index in [1.54, 1.807) is 22.9 Å². The first-order valence-corrected chi connectivity index (χ1v) is 10.7. The average Bonchev–Trinajstić information content (AvgIpc) is 3.29. The van der Waals surface area contributed by atoms with E-state index in [0.29, 0.717) is 23.6 Å². The minimum absolute atomic E-state index is 0.0820. The number of fused-ring (bicyclic) bond motifs is 2. The fourth-order valence-corrected chi connectivity index (χ4v) is 5.33. The lowest BCUT2D eigenvalue weighted by atomic mass is 10.1. The fourth-order valence-electron chi connectivity index (χ4n) is 3.87. The van der Waals surface area contributed by atoms with E-state index in [0.717, 1.165) is 29.1 Å². The lowest BCUT2D eigenvalue weighted by molar-refractivity contribution is 0.254. The maximum atomic E-state index is 13.2. The number of hydrogen-bond acceptors (Lipinski definition) is 5. The molecule has 0 saturated heterocycles. The number of sulfonamides is 1. The number of aromatic nitrogens is 3. The maximum Gasteiger partial charge on any atom is 0.243 e. The summed E-state index contributed by atoms with van der Waals surface area (Å²) >= 11 is 0. The Morgan fingerprint density at radius 2 is 1.96 bits per heavy atom. The predicted octanol–water partition coefficient (Wildman–Crippen LogP) is 2.34. The summed E-state index contributed by atoms with van der Waals surface area (Å²) in [7, 11) is -3.60. The van der Waals surface area contributed by atoms with Crippen molar-refractivity contribution in [1.29, 1.82) is 0 Å². The van der Waals surface area contributed by atoms with E-state index in [4.69, 9.17) is 4.74 Å². The lowest BCUT2D eigenvalue weighted by Crippen LogP contribution is -2.36. The second-order valence-corrected chi connectivity index (χ2v) is 9.16. The molecule has 0 spiro atoms. The van der Waals surface area contributed by atoms with Gasteiger partial charge in [-0.25, -0.2) is 13.1 Å². The largest absolute Gasteiger partial charge is 0.490 e. The Balaban J connectivity index is 1.43. The summed E-state index contributed by atoms with van der Waals surface area (Å²) in [5.41, 5.74) is 3.55. The van der Waals surface area contributed by atoms with Crippen LogP contribution in [0.3, 0.4) is 0 Å². The van der Waals surface area contributed by atoms with Crippen LogP contribution in [0, 0.1) is 0 Å². The molecule has 7 nitrogen and oxygen atoms in total. The zero-order valence-electron chi connectivity index (χ0n) is 15.4. The van der Waals surface area contributed by atoms with Gasteiger partial charge in [0.15, 0.2) is 0 Å². The summed E-state index contributed by atoms with van der Waals surface area (Å²) in [5.74, 6) is 0.776. The Bertz CT molecular complexity index is 1140. The van der Waals surface area contributed by atoms with Gasteiger partial charge in [-0.05, 0) is 42.8 Å². The second-order valence-electron chi connectivity index (χ2n) is 7.22. The van der Waals surface area contributed by atoms with Crippen molar-refractivity contribution in [3.05, 3.63) is 65.5 Å². The van der Waals surface area contributed by atoms with Crippen LogP contribution in [0.2, 0.25) is 0 Å². The van der Waals surface area contributed by atoms with Crippen molar-refractivity contribution in [1.82, 2.24) is 19.3 Å². The van der Waals surface area contributed by atoms with Gasteiger partial charge in [0.2, 0.25) is 10.0 Å².